The van der Waals surface area contributed by atoms with Crippen molar-refractivity contribution in [3.05, 3.63) is 71.3 Å². The van der Waals surface area contributed by atoms with Gasteiger partial charge in [0.2, 0.25) is 0 Å². The van der Waals surface area contributed by atoms with Crippen molar-refractivity contribution < 1.29 is 0 Å². The number of rotatable bonds is 2. The first-order chi connectivity index (χ1) is 10.2. The lowest BCUT2D eigenvalue weighted by atomic mass is 9.99. The van der Waals surface area contributed by atoms with Gasteiger partial charge in [0.1, 0.15) is 5.84 Å². The number of hydrogen-bond acceptors (Lipinski definition) is 3. The molecule has 0 spiro atoms. The van der Waals surface area contributed by atoms with E-state index in [1.165, 1.54) is 11.1 Å². The maximum absolute atomic E-state index is 4.98. The molecule has 0 aliphatic carbocycles. The zero-order valence-electron chi connectivity index (χ0n) is 13.2. The third-order valence-corrected chi connectivity index (χ3v) is 4.16. The van der Waals surface area contributed by atoms with E-state index in [9.17, 15) is 0 Å². The molecule has 0 bridgehead atoms. The van der Waals surface area contributed by atoms with E-state index in [0.29, 0.717) is 6.04 Å². The normalized spacial score (nSPS) is 21.5. The number of halogens is 1. The Morgan fingerprint density at radius 3 is 2.32 bits per heavy atom. The number of nitrogens with one attached hydrogen (secondary N) is 1. The van der Waals surface area contributed by atoms with Crippen LogP contribution in [0.3, 0.4) is 0 Å². The maximum Gasteiger partial charge on any atom is 0.143 e. The summed E-state index contributed by atoms with van der Waals surface area (Å²) in [6.45, 7) is 4.32. The summed E-state index contributed by atoms with van der Waals surface area (Å²) in [6.07, 6.45) is 0. The predicted octanol–water partition coefficient (Wildman–Crippen LogP) is 3.74. The minimum Gasteiger partial charge on any atom is -0.303 e. The Bertz CT molecular complexity index is 654. The van der Waals surface area contributed by atoms with Gasteiger partial charge in [-0.15, -0.1) is 12.4 Å². The predicted molar refractivity (Wildman–Crippen MR) is 94.5 cm³/mol. The highest BCUT2D eigenvalue weighted by atomic mass is 35.5. The number of aliphatic imine (C=N–C) groups is 1. The van der Waals surface area contributed by atoms with Gasteiger partial charge in [-0.05, 0) is 25.0 Å². The first-order valence-electron chi connectivity index (χ1n) is 7.35. The minimum atomic E-state index is 0. The van der Waals surface area contributed by atoms with Gasteiger partial charge >= 0.3 is 0 Å². The zero-order valence-corrected chi connectivity index (χ0v) is 14.0. The number of benzene rings is 2. The van der Waals surface area contributed by atoms with E-state index in [4.69, 9.17) is 4.99 Å². The van der Waals surface area contributed by atoms with Crippen molar-refractivity contribution in [2.24, 2.45) is 4.99 Å². The number of amidine groups is 1. The summed E-state index contributed by atoms with van der Waals surface area (Å²) < 4.78 is 0. The van der Waals surface area contributed by atoms with Crippen molar-refractivity contribution >= 4 is 18.2 Å². The summed E-state index contributed by atoms with van der Waals surface area (Å²) >= 11 is 0. The number of aryl methyl sites for hydroxylation is 1. The molecule has 1 aliphatic rings. The Kier molecular flexibility index (Phi) is 5.22. The lowest BCUT2D eigenvalue weighted by Gasteiger charge is -2.36. The van der Waals surface area contributed by atoms with Gasteiger partial charge in [-0.3, -0.25) is 4.99 Å². The number of hydrogen-bond donors (Lipinski definition) is 1. The van der Waals surface area contributed by atoms with Gasteiger partial charge in [0.05, 0.1) is 12.1 Å². The molecule has 1 heterocycles. The highest BCUT2D eigenvalue weighted by Crippen LogP contribution is 2.27. The van der Waals surface area contributed by atoms with Gasteiger partial charge in [-0.2, -0.15) is 0 Å². The Balaban J connectivity index is 0.00000176. The fourth-order valence-corrected chi connectivity index (χ4v) is 2.73. The number of hydrazine groups is 1. The molecular weight excluding hydrogens is 294 g/mol. The summed E-state index contributed by atoms with van der Waals surface area (Å²) in [5.74, 6) is 0.947. The van der Waals surface area contributed by atoms with Crippen LogP contribution in [0.1, 0.15) is 29.7 Å². The molecule has 2 atom stereocenters. The third-order valence-electron chi connectivity index (χ3n) is 4.16. The molecule has 3 nitrogen and oxygen atoms in total. The Hall–Kier alpha value is -1.84. The molecule has 0 saturated heterocycles. The van der Waals surface area contributed by atoms with Crippen LogP contribution >= 0.6 is 12.4 Å². The van der Waals surface area contributed by atoms with Crippen molar-refractivity contribution in [1.82, 2.24) is 10.4 Å². The third kappa shape index (κ3) is 3.16. The largest absolute Gasteiger partial charge is 0.303 e. The topological polar surface area (TPSA) is 27.6 Å². The average Bonchev–Trinajstić information content (AvgIpc) is 2.51. The van der Waals surface area contributed by atoms with E-state index in [2.05, 4.69) is 79.9 Å². The van der Waals surface area contributed by atoms with E-state index in [-0.39, 0.29) is 18.4 Å². The lowest BCUT2D eigenvalue weighted by Crippen LogP contribution is -2.51. The van der Waals surface area contributed by atoms with E-state index in [1.807, 2.05) is 6.07 Å². The standard InChI is InChI=1S/C18H21N3.ClH/c1-13-9-7-8-12-16(13)18-19-17(14(2)21(3)20-18)15-10-5-4-6-11-15;/h4-12,14,17H,1-3H3,(H,19,20);1H. The van der Waals surface area contributed by atoms with Crippen LogP contribution in [0, 0.1) is 6.92 Å². The molecule has 1 N–H and O–H groups in total. The van der Waals surface area contributed by atoms with Gasteiger partial charge in [0, 0.05) is 12.6 Å². The van der Waals surface area contributed by atoms with Crippen molar-refractivity contribution in [1.29, 1.82) is 0 Å². The van der Waals surface area contributed by atoms with Crippen molar-refractivity contribution in [2.75, 3.05) is 7.05 Å². The Labute approximate surface area is 138 Å². The van der Waals surface area contributed by atoms with Gasteiger partial charge < -0.3 is 5.43 Å². The van der Waals surface area contributed by atoms with Crippen molar-refractivity contribution in [3.63, 3.8) is 0 Å². The smallest absolute Gasteiger partial charge is 0.143 e. The van der Waals surface area contributed by atoms with Gasteiger partial charge in [-0.25, -0.2) is 5.01 Å². The molecule has 0 amide bonds. The highest BCUT2D eigenvalue weighted by molar-refractivity contribution is 6.00. The van der Waals surface area contributed by atoms with Gasteiger partial charge in [0.15, 0.2) is 0 Å². The molecule has 2 aromatic rings. The van der Waals surface area contributed by atoms with Crippen molar-refractivity contribution in [2.45, 2.75) is 25.9 Å². The molecule has 0 fully saturated rings. The molecule has 2 aromatic carbocycles. The molecule has 0 saturated carbocycles. The van der Waals surface area contributed by atoms with Crippen LogP contribution in [0.15, 0.2) is 59.6 Å². The Morgan fingerprint density at radius 2 is 1.64 bits per heavy atom. The van der Waals surface area contributed by atoms with Crippen LogP contribution in [0.5, 0.6) is 0 Å². The molecule has 4 heteroatoms. The fourth-order valence-electron chi connectivity index (χ4n) is 2.73. The molecular formula is C18H22ClN3. The second-order valence-electron chi connectivity index (χ2n) is 5.61. The molecule has 3 rings (SSSR count). The fraction of sp³-hybridized carbons (Fsp3) is 0.278. The summed E-state index contributed by atoms with van der Waals surface area (Å²) in [5, 5.41) is 2.15. The van der Waals surface area contributed by atoms with Gasteiger partial charge in [0.25, 0.3) is 0 Å². The first kappa shape index (κ1) is 16.5. The Morgan fingerprint density at radius 1 is 1.00 bits per heavy atom. The molecule has 0 radical (unpaired) electrons. The second-order valence-corrected chi connectivity index (χ2v) is 5.61. The van der Waals surface area contributed by atoms with E-state index < -0.39 is 0 Å². The monoisotopic (exact) mass is 315 g/mol. The molecule has 0 aromatic heterocycles. The summed E-state index contributed by atoms with van der Waals surface area (Å²) in [6, 6.07) is 19.3. The second kappa shape index (κ2) is 6.95. The summed E-state index contributed by atoms with van der Waals surface area (Å²) in [7, 11) is 2.08. The number of nitrogens with zero attached hydrogens (tertiary/aromatic N) is 2. The number of likely N-dealkylation sites (N-methyl/N-ethyl adjacent to an activating group) is 1. The van der Waals surface area contributed by atoms with Crippen LogP contribution in [-0.2, 0) is 0 Å². The van der Waals surface area contributed by atoms with Crippen LogP contribution in [0.4, 0.5) is 0 Å². The zero-order chi connectivity index (χ0) is 14.8. The quantitative estimate of drug-likeness (QED) is 0.914. The molecule has 2 unspecified atom stereocenters. The minimum absolute atomic E-state index is 0. The molecule has 22 heavy (non-hydrogen) atoms. The molecule has 1 aliphatic heterocycles. The highest BCUT2D eigenvalue weighted by Gasteiger charge is 2.28. The maximum atomic E-state index is 4.98. The molecule has 116 valence electrons. The average molecular weight is 316 g/mol. The van der Waals surface area contributed by atoms with Crippen LogP contribution < -0.4 is 5.43 Å². The van der Waals surface area contributed by atoms with Crippen LogP contribution in [-0.4, -0.2) is 23.9 Å². The summed E-state index contributed by atoms with van der Waals surface area (Å²) in [5.41, 5.74) is 7.06. The van der Waals surface area contributed by atoms with Crippen LogP contribution in [0.2, 0.25) is 0 Å². The van der Waals surface area contributed by atoms with Crippen molar-refractivity contribution in [3.8, 4) is 0 Å². The van der Waals surface area contributed by atoms with Crippen LogP contribution in [0.25, 0.3) is 0 Å². The SMILES string of the molecule is Cc1ccccc1C1=NC(c2ccccc2)C(C)N(C)N1.Cl. The lowest BCUT2D eigenvalue weighted by molar-refractivity contribution is 0.178. The van der Waals surface area contributed by atoms with E-state index >= 15 is 0 Å². The van der Waals surface area contributed by atoms with E-state index in [1.54, 1.807) is 0 Å². The van der Waals surface area contributed by atoms with E-state index in [0.717, 1.165) is 11.4 Å². The first-order valence-corrected chi connectivity index (χ1v) is 7.35. The summed E-state index contributed by atoms with van der Waals surface area (Å²) in [4.78, 5) is 4.98. The van der Waals surface area contributed by atoms with Gasteiger partial charge in [-0.1, -0.05) is 54.6 Å².